The van der Waals surface area contributed by atoms with Gasteiger partial charge in [0.2, 0.25) is 5.89 Å². The van der Waals surface area contributed by atoms with Gasteiger partial charge in [-0.3, -0.25) is 0 Å². The summed E-state index contributed by atoms with van der Waals surface area (Å²) in [6, 6.07) is 0. The molecule has 1 aromatic rings. The first-order chi connectivity index (χ1) is 7.66. The van der Waals surface area contributed by atoms with Gasteiger partial charge in [0, 0.05) is 18.4 Å². The standard InChI is InChI=1S/C10H16F3N3O/c1-9(2,14)5-4-8-15-7(16-17-8)3-6-10(11,12)13/h3-6,14H2,1-2H3. The van der Waals surface area contributed by atoms with E-state index in [1.165, 1.54) is 0 Å². The Morgan fingerprint density at radius 2 is 1.82 bits per heavy atom. The first-order valence-electron chi connectivity index (χ1n) is 5.33. The van der Waals surface area contributed by atoms with E-state index in [4.69, 9.17) is 10.3 Å². The quantitative estimate of drug-likeness (QED) is 0.871. The predicted octanol–water partition coefficient (Wildman–Crippen LogP) is 2.23. The number of hydrogen-bond donors (Lipinski definition) is 1. The summed E-state index contributed by atoms with van der Waals surface area (Å²) in [5, 5.41) is 3.49. The summed E-state index contributed by atoms with van der Waals surface area (Å²) in [5.74, 6) is 0.424. The van der Waals surface area contributed by atoms with E-state index < -0.39 is 12.6 Å². The molecule has 0 radical (unpaired) electrons. The molecule has 0 atom stereocenters. The van der Waals surface area contributed by atoms with Crippen molar-refractivity contribution >= 4 is 0 Å². The van der Waals surface area contributed by atoms with E-state index in [1.807, 2.05) is 13.8 Å². The van der Waals surface area contributed by atoms with Crippen molar-refractivity contribution < 1.29 is 17.7 Å². The fraction of sp³-hybridized carbons (Fsp3) is 0.800. The van der Waals surface area contributed by atoms with Crippen molar-refractivity contribution in [3.05, 3.63) is 11.7 Å². The number of nitrogens with two attached hydrogens (primary N) is 1. The second kappa shape index (κ2) is 5.03. The van der Waals surface area contributed by atoms with E-state index in [2.05, 4.69) is 10.1 Å². The molecular formula is C10H16F3N3O. The fourth-order valence-electron chi connectivity index (χ4n) is 1.18. The molecule has 0 fully saturated rings. The molecule has 0 aliphatic rings. The zero-order valence-electron chi connectivity index (χ0n) is 9.84. The molecule has 1 heterocycles. The van der Waals surface area contributed by atoms with Crippen LogP contribution in [0.15, 0.2) is 4.52 Å². The van der Waals surface area contributed by atoms with Crippen molar-refractivity contribution in [2.75, 3.05) is 0 Å². The molecule has 0 aliphatic carbocycles. The maximum Gasteiger partial charge on any atom is 0.389 e. The number of alkyl halides is 3. The van der Waals surface area contributed by atoms with Crippen LogP contribution in [0.4, 0.5) is 13.2 Å². The minimum Gasteiger partial charge on any atom is -0.339 e. The zero-order valence-corrected chi connectivity index (χ0v) is 9.84. The monoisotopic (exact) mass is 251 g/mol. The van der Waals surface area contributed by atoms with Crippen molar-refractivity contribution in [3.63, 3.8) is 0 Å². The summed E-state index contributed by atoms with van der Waals surface area (Å²) in [6.45, 7) is 3.71. The van der Waals surface area contributed by atoms with E-state index >= 15 is 0 Å². The molecule has 4 nitrogen and oxygen atoms in total. The van der Waals surface area contributed by atoms with Crippen LogP contribution >= 0.6 is 0 Å². The molecule has 17 heavy (non-hydrogen) atoms. The van der Waals surface area contributed by atoms with Crippen molar-refractivity contribution in [1.82, 2.24) is 10.1 Å². The molecule has 7 heteroatoms. The molecule has 0 spiro atoms. The molecule has 1 rings (SSSR count). The highest BCUT2D eigenvalue weighted by molar-refractivity contribution is 4.89. The molecule has 98 valence electrons. The Bertz CT molecular complexity index is 322. The van der Waals surface area contributed by atoms with Crippen LogP contribution in [0.5, 0.6) is 0 Å². The largest absolute Gasteiger partial charge is 0.389 e. The van der Waals surface area contributed by atoms with Crippen molar-refractivity contribution in [2.24, 2.45) is 5.73 Å². The highest BCUT2D eigenvalue weighted by Gasteiger charge is 2.27. The third-order valence-electron chi connectivity index (χ3n) is 2.13. The first kappa shape index (κ1) is 14.0. The second-order valence-corrected chi connectivity index (χ2v) is 4.71. The second-order valence-electron chi connectivity index (χ2n) is 4.71. The third-order valence-corrected chi connectivity index (χ3v) is 2.13. The Morgan fingerprint density at radius 1 is 1.18 bits per heavy atom. The third kappa shape index (κ3) is 6.25. The Morgan fingerprint density at radius 3 is 2.35 bits per heavy atom. The van der Waals surface area contributed by atoms with Gasteiger partial charge in [-0.25, -0.2) is 0 Å². The number of halogens is 3. The van der Waals surface area contributed by atoms with Crippen LogP contribution in [0.25, 0.3) is 0 Å². The number of nitrogens with zero attached hydrogens (tertiary/aromatic N) is 2. The summed E-state index contributed by atoms with van der Waals surface area (Å²) >= 11 is 0. The molecule has 2 N–H and O–H groups in total. The maximum absolute atomic E-state index is 11.9. The fourth-order valence-corrected chi connectivity index (χ4v) is 1.18. The van der Waals surface area contributed by atoms with Crippen LogP contribution in [0.1, 0.15) is 38.4 Å². The number of aromatic nitrogens is 2. The van der Waals surface area contributed by atoms with Crippen LogP contribution in [0.2, 0.25) is 0 Å². The molecule has 0 saturated heterocycles. The summed E-state index contributed by atoms with van der Waals surface area (Å²) in [4.78, 5) is 3.88. The molecule has 1 aromatic heterocycles. The molecule has 0 bridgehead atoms. The topological polar surface area (TPSA) is 64.9 Å². The zero-order chi connectivity index (χ0) is 13.1. The van der Waals surface area contributed by atoms with E-state index in [-0.39, 0.29) is 17.8 Å². The summed E-state index contributed by atoms with van der Waals surface area (Å²) in [6.07, 6.45) is -4.27. The van der Waals surface area contributed by atoms with Crippen LogP contribution in [0.3, 0.4) is 0 Å². The van der Waals surface area contributed by atoms with Crippen molar-refractivity contribution in [1.29, 1.82) is 0 Å². The van der Waals surface area contributed by atoms with Gasteiger partial charge in [-0.2, -0.15) is 18.2 Å². The average Bonchev–Trinajstić information content (AvgIpc) is 2.57. The van der Waals surface area contributed by atoms with Gasteiger partial charge in [0.15, 0.2) is 5.82 Å². The van der Waals surface area contributed by atoms with Gasteiger partial charge < -0.3 is 10.3 Å². The number of rotatable bonds is 5. The smallest absolute Gasteiger partial charge is 0.339 e. The Balaban J connectivity index is 2.43. The van der Waals surface area contributed by atoms with Crippen molar-refractivity contribution in [3.8, 4) is 0 Å². The van der Waals surface area contributed by atoms with Crippen LogP contribution in [-0.4, -0.2) is 21.9 Å². The lowest BCUT2D eigenvalue weighted by molar-refractivity contribution is -0.134. The van der Waals surface area contributed by atoms with E-state index in [1.54, 1.807) is 0 Å². The number of aryl methyl sites for hydroxylation is 2. The maximum atomic E-state index is 11.9. The van der Waals surface area contributed by atoms with Gasteiger partial charge in [0.25, 0.3) is 0 Å². The van der Waals surface area contributed by atoms with E-state index in [0.717, 1.165) is 0 Å². The van der Waals surface area contributed by atoms with E-state index in [9.17, 15) is 13.2 Å². The molecule has 0 amide bonds. The van der Waals surface area contributed by atoms with Gasteiger partial charge in [0.05, 0.1) is 6.42 Å². The van der Waals surface area contributed by atoms with Crippen LogP contribution in [-0.2, 0) is 12.8 Å². The lowest BCUT2D eigenvalue weighted by Gasteiger charge is -2.16. The lowest BCUT2D eigenvalue weighted by Crippen LogP contribution is -2.32. The van der Waals surface area contributed by atoms with Gasteiger partial charge in [0.1, 0.15) is 0 Å². The van der Waals surface area contributed by atoms with Crippen LogP contribution < -0.4 is 5.73 Å². The Kier molecular flexibility index (Phi) is 4.13. The Labute approximate surface area is 97.4 Å². The van der Waals surface area contributed by atoms with E-state index in [0.29, 0.717) is 18.7 Å². The minimum atomic E-state index is -4.19. The molecule has 0 aliphatic heterocycles. The highest BCUT2D eigenvalue weighted by Crippen LogP contribution is 2.21. The molecule has 0 saturated carbocycles. The average molecular weight is 251 g/mol. The predicted molar refractivity (Wildman–Crippen MR) is 55.3 cm³/mol. The first-order valence-corrected chi connectivity index (χ1v) is 5.33. The van der Waals surface area contributed by atoms with Gasteiger partial charge in [-0.05, 0) is 20.3 Å². The number of hydrogen-bond acceptors (Lipinski definition) is 4. The summed E-state index contributed by atoms with van der Waals surface area (Å²) < 4.78 is 40.7. The lowest BCUT2D eigenvalue weighted by atomic mass is 10.0. The molecular weight excluding hydrogens is 235 g/mol. The van der Waals surface area contributed by atoms with Gasteiger partial charge in [-0.15, -0.1) is 0 Å². The highest BCUT2D eigenvalue weighted by atomic mass is 19.4. The molecule has 0 unspecified atom stereocenters. The van der Waals surface area contributed by atoms with Gasteiger partial charge >= 0.3 is 6.18 Å². The van der Waals surface area contributed by atoms with Gasteiger partial charge in [-0.1, -0.05) is 5.16 Å². The summed E-state index contributed by atoms with van der Waals surface area (Å²) in [5.41, 5.74) is 5.41. The molecule has 0 aromatic carbocycles. The van der Waals surface area contributed by atoms with Crippen molar-refractivity contribution in [2.45, 2.75) is 51.2 Å². The minimum absolute atomic E-state index is 0.0900. The van der Waals surface area contributed by atoms with Crippen LogP contribution in [0, 0.1) is 0 Å². The Hall–Kier alpha value is -1.11. The summed E-state index contributed by atoms with van der Waals surface area (Å²) in [7, 11) is 0. The normalized spacial score (nSPS) is 13.1. The SMILES string of the molecule is CC(C)(N)CCc1nc(CCC(F)(F)F)no1.